The van der Waals surface area contributed by atoms with Crippen LogP contribution in [0.15, 0.2) is 29.4 Å². The van der Waals surface area contributed by atoms with Gasteiger partial charge in [0.2, 0.25) is 5.95 Å². The minimum absolute atomic E-state index is 0.0899. The molecule has 3 heterocycles. The van der Waals surface area contributed by atoms with E-state index in [-0.39, 0.29) is 23.0 Å². The molecule has 0 saturated carbocycles. The molecule has 29 heavy (non-hydrogen) atoms. The van der Waals surface area contributed by atoms with Gasteiger partial charge in [-0.3, -0.25) is 4.99 Å². The number of anilines is 1. The van der Waals surface area contributed by atoms with Crippen LogP contribution in [0.2, 0.25) is 5.02 Å². The Morgan fingerprint density at radius 1 is 1.14 bits per heavy atom. The number of nitrogens with zero attached hydrogens (tertiary/aromatic N) is 5. The number of halogens is 6. The van der Waals surface area contributed by atoms with Gasteiger partial charge >= 0.3 is 6.18 Å². The van der Waals surface area contributed by atoms with Crippen molar-refractivity contribution in [3.05, 3.63) is 63.7 Å². The SMILES string of the molecule is C[C@@H]1N=C(c2c(F)cccc2F)c2c(cnc(C(F)(F)F)c2Cl)-n2nc(N)nc21. The molecule has 2 N–H and O–H groups in total. The number of aromatic nitrogens is 4. The second-order valence-corrected chi connectivity index (χ2v) is 6.55. The summed E-state index contributed by atoms with van der Waals surface area (Å²) in [5.41, 5.74) is 2.68. The highest BCUT2D eigenvalue weighted by Crippen LogP contribution is 2.40. The van der Waals surface area contributed by atoms with Crippen LogP contribution in [0, 0.1) is 11.6 Å². The summed E-state index contributed by atoms with van der Waals surface area (Å²) in [6.45, 7) is 1.52. The van der Waals surface area contributed by atoms with Crippen molar-refractivity contribution in [2.45, 2.75) is 19.1 Å². The molecule has 2 aromatic heterocycles. The molecule has 150 valence electrons. The van der Waals surface area contributed by atoms with Gasteiger partial charge in [-0.1, -0.05) is 17.7 Å². The monoisotopic (exact) mass is 428 g/mol. The molecule has 0 saturated heterocycles. The van der Waals surface area contributed by atoms with Crippen LogP contribution in [0.25, 0.3) is 5.69 Å². The van der Waals surface area contributed by atoms with Gasteiger partial charge in [0.05, 0.1) is 28.2 Å². The number of alkyl halides is 3. The van der Waals surface area contributed by atoms with Crippen molar-refractivity contribution in [2.24, 2.45) is 4.99 Å². The lowest BCUT2D eigenvalue weighted by Crippen LogP contribution is -2.17. The fraction of sp³-hybridized carbons (Fsp3) is 0.176. The zero-order chi connectivity index (χ0) is 21.1. The van der Waals surface area contributed by atoms with Gasteiger partial charge in [0.1, 0.15) is 17.7 Å². The van der Waals surface area contributed by atoms with Crippen molar-refractivity contribution in [1.29, 1.82) is 0 Å². The molecule has 3 aromatic rings. The molecule has 0 amide bonds. The van der Waals surface area contributed by atoms with Crippen molar-refractivity contribution in [2.75, 3.05) is 5.73 Å². The van der Waals surface area contributed by atoms with Crippen molar-refractivity contribution >= 4 is 23.3 Å². The second-order valence-electron chi connectivity index (χ2n) is 6.17. The number of benzene rings is 1. The molecule has 1 aliphatic heterocycles. The Bertz CT molecular complexity index is 1150. The van der Waals surface area contributed by atoms with Crippen LogP contribution in [0.3, 0.4) is 0 Å². The summed E-state index contributed by atoms with van der Waals surface area (Å²) < 4.78 is 70.3. The molecule has 0 unspecified atom stereocenters. The van der Waals surface area contributed by atoms with E-state index in [0.717, 1.165) is 29.1 Å². The van der Waals surface area contributed by atoms with Gasteiger partial charge in [0.25, 0.3) is 0 Å². The zero-order valence-electron chi connectivity index (χ0n) is 14.5. The summed E-state index contributed by atoms with van der Waals surface area (Å²) in [5.74, 6) is -2.05. The van der Waals surface area contributed by atoms with Crippen LogP contribution in [-0.2, 0) is 6.18 Å². The topological polar surface area (TPSA) is 82.0 Å². The van der Waals surface area contributed by atoms with E-state index in [4.69, 9.17) is 17.3 Å². The van der Waals surface area contributed by atoms with E-state index in [1.54, 1.807) is 0 Å². The van der Waals surface area contributed by atoms with Gasteiger partial charge in [0.15, 0.2) is 11.5 Å². The first-order valence-corrected chi connectivity index (χ1v) is 8.48. The van der Waals surface area contributed by atoms with Crippen LogP contribution < -0.4 is 5.73 Å². The standard InChI is InChI=1S/C17H10ClF5N6/c1-6-15-27-16(24)28-29(15)9-5-25-14(17(21,22)23)12(18)11(9)13(26-6)10-7(19)3-2-4-8(10)20/h2-6H,1H3,(H2,24,28)/t6-/m0/s1. The Labute approximate surface area is 164 Å². The molecule has 6 nitrogen and oxygen atoms in total. The predicted octanol–water partition coefficient (Wildman–Crippen LogP) is 4.11. The first-order chi connectivity index (χ1) is 13.6. The molecule has 1 aliphatic rings. The summed E-state index contributed by atoms with van der Waals surface area (Å²) in [6.07, 6.45) is -4.07. The van der Waals surface area contributed by atoms with Crippen LogP contribution in [0.1, 0.15) is 35.6 Å². The molecule has 0 fully saturated rings. The van der Waals surface area contributed by atoms with Gasteiger partial charge in [-0.2, -0.15) is 18.2 Å². The highest BCUT2D eigenvalue weighted by Gasteiger charge is 2.39. The fourth-order valence-corrected chi connectivity index (χ4v) is 3.42. The Morgan fingerprint density at radius 2 is 1.79 bits per heavy atom. The van der Waals surface area contributed by atoms with Crippen LogP contribution in [0.5, 0.6) is 0 Å². The third-order valence-electron chi connectivity index (χ3n) is 4.28. The normalized spacial score (nSPS) is 16.1. The molecule has 0 spiro atoms. The number of aliphatic imine (C=N–C) groups is 1. The molecular formula is C17H10ClF5N6. The zero-order valence-corrected chi connectivity index (χ0v) is 15.2. The number of hydrogen-bond acceptors (Lipinski definition) is 5. The largest absolute Gasteiger partial charge is 0.434 e. The van der Waals surface area contributed by atoms with E-state index in [9.17, 15) is 22.0 Å². The smallest absolute Gasteiger partial charge is 0.366 e. The molecular weight excluding hydrogens is 419 g/mol. The van der Waals surface area contributed by atoms with Crippen molar-refractivity contribution < 1.29 is 22.0 Å². The fourth-order valence-electron chi connectivity index (χ4n) is 3.08. The first-order valence-electron chi connectivity index (χ1n) is 8.10. The second kappa shape index (κ2) is 6.48. The van der Waals surface area contributed by atoms with Crippen LogP contribution >= 0.6 is 11.6 Å². The van der Waals surface area contributed by atoms with E-state index >= 15 is 0 Å². The molecule has 12 heteroatoms. The maximum Gasteiger partial charge on any atom is 0.434 e. The Morgan fingerprint density at radius 3 is 2.41 bits per heavy atom. The third kappa shape index (κ3) is 3.01. The van der Waals surface area contributed by atoms with Crippen LogP contribution in [-0.4, -0.2) is 25.5 Å². The van der Waals surface area contributed by atoms with Gasteiger partial charge in [-0.05, 0) is 19.1 Å². The average Bonchev–Trinajstić information content (AvgIpc) is 2.96. The average molecular weight is 429 g/mol. The van der Waals surface area contributed by atoms with E-state index in [1.807, 2.05) is 0 Å². The maximum absolute atomic E-state index is 14.5. The van der Waals surface area contributed by atoms with E-state index in [2.05, 4.69) is 20.1 Å². The number of pyridine rings is 1. The van der Waals surface area contributed by atoms with Gasteiger partial charge in [-0.15, -0.1) is 5.10 Å². The van der Waals surface area contributed by atoms with E-state index in [0.29, 0.717) is 0 Å². The molecule has 1 atom stereocenters. The summed E-state index contributed by atoms with van der Waals surface area (Å²) in [6, 6.07) is 2.19. The molecule has 0 bridgehead atoms. The summed E-state index contributed by atoms with van der Waals surface area (Å²) in [4.78, 5) is 11.6. The Hall–Kier alpha value is -3.08. The lowest BCUT2D eigenvalue weighted by atomic mass is 9.99. The van der Waals surface area contributed by atoms with Crippen molar-refractivity contribution in [1.82, 2.24) is 19.7 Å². The Kier molecular flexibility index (Phi) is 4.30. The molecule has 0 aliphatic carbocycles. The van der Waals surface area contributed by atoms with Gasteiger partial charge < -0.3 is 5.73 Å². The van der Waals surface area contributed by atoms with Crippen molar-refractivity contribution in [3.63, 3.8) is 0 Å². The lowest BCUT2D eigenvalue weighted by Gasteiger charge is -2.16. The quantitative estimate of drug-likeness (QED) is 0.591. The van der Waals surface area contributed by atoms with E-state index < -0.39 is 45.8 Å². The Balaban J connectivity index is 2.14. The highest BCUT2D eigenvalue weighted by molar-refractivity contribution is 6.37. The number of rotatable bonds is 1. The summed E-state index contributed by atoms with van der Waals surface area (Å²) >= 11 is 6.05. The summed E-state index contributed by atoms with van der Waals surface area (Å²) in [7, 11) is 0. The van der Waals surface area contributed by atoms with E-state index in [1.165, 1.54) is 6.92 Å². The predicted molar refractivity (Wildman–Crippen MR) is 94.0 cm³/mol. The maximum atomic E-state index is 14.5. The minimum atomic E-state index is -4.91. The molecule has 1 aromatic carbocycles. The minimum Gasteiger partial charge on any atom is -0.366 e. The summed E-state index contributed by atoms with van der Waals surface area (Å²) in [5, 5.41) is 3.08. The molecule has 0 radical (unpaired) electrons. The van der Waals surface area contributed by atoms with Crippen molar-refractivity contribution in [3.8, 4) is 5.69 Å². The number of fused-ring (bicyclic) bond motifs is 3. The highest BCUT2D eigenvalue weighted by atomic mass is 35.5. The lowest BCUT2D eigenvalue weighted by molar-refractivity contribution is -0.141. The number of nitrogen functional groups attached to an aromatic ring is 1. The van der Waals surface area contributed by atoms with Gasteiger partial charge in [-0.25, -0.2) is 18.4 Å². The number of nitrogens with two attached hydrogens (primary N) is 1. The van der Waals surface area contributed by atoms with Gasteiger partial charge in [0, 0.05) is 5.56 Å². The molecule has 4 rings (SSSR count). The van der Waals surface area contributed by atoms with Crippen LogP contribution in [0.4, 0.5) is 27.9 Å². The first kappa shape index (κ1) is 19.2. The number of hydrogen-bond donors (Lipinski definition) is 1. The third-order valence-corrected chi connectivity index (χ3v) is 4.65.